The Morgan fingerprint density at radius 3 is 2.40 bits per heavy atom. The summed E-state index contributed by atoms with van der Waals surface area (Å²) in [5, 5.41) is 5.47. The van der Waals surface area contributed by atoms with Crippen LogP contribution in [0.2, 0.25) is 0 Å². The number of pyridine rings is 1. The number of nitrogens with zero attached hydrogens (tertiary/aromatic N) is 1. The highest BCUT2D eigenvalue weighted by Crippen LogP contribution is 2.19. The highest BCUT2D eigenvalue weighted by Gasteiger charge is 2.26. The van der Waals surface area contributed by atoms with Crippen molar-refractivity contribution >= 4 is 17.7 Å². The average Bonchev–Trinajstić information content (AvgIpc) is 2.54. The quantitative estimate of drug-likeness (QED) is 0.890. The van der Waals surface area contributed by atoms with Gasteiger partial charge in [-0.2, -0.15) is 0 Å². The molecule has 0 aliphatic rings. The fourth-order valence-corrected chi connectivity index (χ4v) is 2.19. The van der Waals surface area contributed by atoms with Gasteiger partial charge in [0.1, 0.15) is 11.6 Å². The molecule has 132 valence electrons. The molecule has 1 aromatic heterocycles. The summed E-state index contributed by atoms with van der Waals surface area (Å²) in [4.78, 5) is 28.9. The molecular weight excluding hydrogens is 318 g/mol. The van der Waals surface area contributed by atoms with Crippen LogP contribution in [-0.2, 0) is 9.53 Å². The molecule has 25 heavy (non-hydrogen) atoms. The highest BCUT2D eigenvalue weighted by molar-refractivity contribution is 5.97. The minimum Gasteiger partial charge on any atom is -0.444 e. The Hall–Kier alpha value is -2.89. The van der Waals surface area contributed by atoms with E-state index in [1.807, 2.05) is 25.1 Å². The third kappa shape index (κ3) is 5.60. The van der Waals surface area contributed by atoms with Crippen molar-refractivity contribution in [1.82, 2.24) is 10.3 Å². The molecule has 0 radical (unpaired) electrons. The fraction of sp³-hybridized carbons (Fsp3) is 0.316. The third-order valence-electron chi connectivity index (χ3n) is 3.33. The van der Waals surface area contributed by atoms with E-state index in [1.54, 1.807) is 51.4 Å². The Morgan fingerprint density at radius 2 is 1.80 bits per heavy atom. The van der Waals surface area contributed by atoms with Crippen molar-refractivity contribution in [2.75, 3.05) is 5.32 Å². The lowest BCUT2D eigenvalue weighted by atomic mass is 10.1. The maximum Gasteiger partial charge on any atom is 0.408 e. The zero-order chi connectivity index (χ0) is 18.4. The van der Waals surface area contributed by atoms with Crippen LogP contribution >= 0.6 is 0 Å². The van der Waals surface area contributed by atoms with Crippen molar-refractivity contribution in [1.29, 1.82) is 0 Å². The topological polar surface area (TPSA) is 80.3 Å². The summed E-state index contributed by atoms with van der Waals surface area (Å²) in [7, 11) is 0. The standard InChI is InChI=1S/C19H23N3O3/c1-13-12-20-11-10-15(13)21-17(23)16(14-8-6-5-7-9-14)22-18(24)25-19(2,3)4/h5-12,16H,1-4H3,(H,22,24)(H,20,21,23)/t16-/m0/s1. The monoisotopic (exact) mass is 341 g/mol. The van der Waals surface area contributed by atoms with Crippen molar-refractivity contribution in [2.45, 2.75) is 39.3 Å². The number of nitrogens with one attached hydrogen (secondary N) is 2. The van der Waals surface area contributed by atoms with Gasteiger partial charge in [-0.05, 0) is 44.9 Å². The van der Waals surface area contributed by atoms with Crippen LogP contribution in [0.5, 0.6) is 0 Å². The van der Waals surface area contributed by atoms with E-state index in [1.165, 1.54) is 0 Å². The van der Waals surface area contributed by atoms with Gasteiger partial charge in [0.2, 0.25) is 0 Å². The van der Waals surface area contributed by atoms with Crippen LogP contribution in [0.1, 0.15) is 37.9 Å². The molecule has 0 fully saturated rings. The average molecular weight is 341 g/mol. The van der Waals surface area contributed by atoms with Gasteiger partial charge in [-0.15, -0.1) is 0 Å². The van der Waals surface area contributed by atoms with Crippen molar-refractivity contribution in [3.63, 3.8) is 0 Å². The van der Waals surface area contributed by atoms with Gasteiger partial charge in [-0.1, -0.05) is 30.3 Å². The predicted molar refractivity (Wildman–Crippen MR) is 96.2 cm³/mol. The van der Waals surface area contributed by atoms with E-state index in [0.717, 1.165) is 5.56 Å². The molecule has 6 heteroatoms. The van der Waals surface area contributed by atoms with Crippen molar-refractivity contribution < 1.29 is 14.3 Å². The first kappa shape index (κ1) is 18.4. The maximum atomic E-state index is 12.8. The summed E-state index contributed by atoms with van der Waals surface area (Å²) >= 11 is 0. The van der Waals surface area contributed by atoms with E-state index in [0.29, 0.717) is 11.3 Å². The largest absolute Gasteiger partial charge is 0.444 e. The molecule has 0 aliphatic heterocycles. The number of rotatable bonds is 4. The Morgan fingerprint density at radius 1 is 1.12 bits per heavy atom. The van der Waals surface area contributed by atoms with E-state index in [-0.39, 0.29) is 5.91 Å². The van der Waals surface area contributed by atoms with Crippen molar-refractivity contribution in [3.8, 4) is 0 Å². The minimum absolute atomic E-state index is 0.355. The lowest BCUT2D eigenvalue weighted by Gasteiger charge is -2.23. The Kier molecular flexibility index (Phi) is 5.75. The molecule has 0 aliphatic carbocycles. The zero-order valence-electron chi connectivity index (χ0n) is 14.9. The van der Waals surface area contributed by atoms with Gasteiger partial charge < -0.3 is 15.4 Å². The number of carbonyl (C=O) groups excluding carboxylic acids is 2. The number of hydrogen-bond donors (Lipinski definition) is 2. The number of aromatic nitrogens is 1. The zero-order valence-corrected chi connectivity index (χ0v) is 14.9. The lowest BCUT2D eigenvalue weighted by molar-refractivity contribution is -0.118. The van der Waals surface area contributed by atoms with Crippen LogP contribution in [0.4, 0.5) is 10.5 Å². The van der Waals surface area contributed by atoms with Crippen molar-refractivity contribution in [2.24, 2.45) is 0 Å². The molecule has 1 aromatic carbocycles. The summed E-state index contributed by atoms with van der Waals surface area (Å²) in [5.41, 5.74) is 1.49. The molecule has 2 N–H and O–H groups in total. The van der Waals surface area contributed by atoms with E-state index in [4.69, 9.17) is 4.74 Å². The molecule has 0 spiro atoms. The van der Waals surface area contributed by atoms with Crippen LogP contribution in [0, 0.1) is 6.92 Å². The number of aryl methyl sites for hydroxylation is 1. The van der Waals surface area contributed by atoms with Crippen LogP contribution in [0.3, 0.4) is 0 Å². The van der Waals surface area contributed by atoms with Crippen LogP contribution < -0.4 is 10.6 Å². The Balaban J connectivity index is 2.21. The Bertz CT molecular complexity index is 739. The molecule has 1 atom stereocenters. The van der Waals surface area contributed by atoms with E-state index in [2.05, 4.69) is 15.6 Å². The summed E-state index contributed by atoms with van der Waals surface area (Å²) in [6.07, 6.45) is 2.61. The SMILES string of the molecule is Cc1cnccc1NC(=O)[C@@H](NC(=O)OC(C)(C)C)c1ccccc1. The smallest absolute Gasteiger partial charge is 0.408 e. The van der Waals surface area contributed by atoms with Gasteiger partial charge in [0.25, 0.3) is 5.91 Å². The van der Waals surface area contributed by atoms with Gasteiger partial charge in [-0.3, -0.25) is 9.78 Å². The number of ether oxygens (including phenoxy) is 1. The maximum absolute atomic E-state index is 12.8. The van der Waals surface area contributed by atoms with Crippen LogP contribution in [0.25, 0.3) is 0 Å². The van der Waals surface area contributed by atoms with Gasteiger partial charge in [0.05, 0.1) is 0 Å². The van der Waals surface area contributed by atoms with Gasteiger partial charge >= 0.3 is 6.09 Å². The number of anilines is 1. The van der Waals surface area contributed by atoms with Crippen LogP contribution in [0.15, 0.2) is 48.8 Å². The molecule has 0 bridgehead atoms. The molecule has 0 saturated carbocycles. The number of hydrogen-bond acceptors (Lipinski definition) is 4. The Labute approximate surface area is 147 Å². The molecular formula is C19H23N3O3. The molecule has 2 amide bonds. The first-order chi connectivity index (χ1) is 11.8. The molecule has 1 heterocycles. The number of alkyl carbamates (subject to hydrolysis) is 1. The molecule has 6 nitrogen and oxygen atoms in total. The second kappa shape index (κ2) is 7.79. The fourth-order valence-electron chi connectivity index (χ4n) is 2.19. The number of carbonyl (C=O) groups is 2. The first-order valence-electron chi connectivity index (χ1n) is 8.02. The second-order valence-corrected chi connectivity index (χ2v) is 6.67. The molecule has 0 saturated heterocycles. The van der Waals surface area contributed by atoms with Gasteiger partial charge in [0.15, 0.2) is 0 Å². The van der Waals surface area contributed by atoms with Gasteiger partial charge in [-0.25, -0.2) is 4.79 Å². The predicted octanol–water partition coefficient (Wildman–Crippen LogP) is 3.59. The van der Waals surface area contributed by atoms with Crippen LogP contribution in [-0.4, -0.2) is 22.6 Å². The second-order valence-electron chi connectivity index (χ2n) is 6.67. The summed E-state index contributed by atoms with van der Waals surface area (Å²) in [5.74, 6) is -0.355. The summed E-state index contributed by atoms with van der Waals surface area (Å²) < 4.78 is 5.27. The van der Waals surface area contributed by atoms with Crippen molar-refractivity contribution in [3.05, 3.63) is 59.9 Å². The minimum atomic E-state index is -0.872. The van der Waals surface area contributed by atoms with E-state index < -0.39 is 17.7 Å². The highest BCUT2D eigenvalue weighted by atomic mass is 16.6. The number of amides is 2. The van der Waals surface area contributed by atoms with E-state index >= 15 is 0 Å². The van der Waals surface area contributed by atoms with Gasteiger partial charge in [0, 0.05) is 18.1 Å². The normalized spacial score (nSPS) is 12.2. The lowest BCUT2D eigenvalue weighted by Crippen LogP contribution is -2.40. The molecule has 2 rings (SSSR count). The first-order valence-corrected chi connectivity index (χ1v) is 8.02. The molecule has 0 unspecified atom stereocenters. The molecule has 2 aromatic rings. The van der Waals surface area contributed by atoms with E-state index in [9.17, 15) is 9.59 Å². The summed E-state index contributed by atoms with van der Waals surface area (Å²) in [6.45, 7) is 7.15. The number of benzene rings is 1. The third-order valence-corrected chi connectivity index (χ3v) is 3.33. The summed E-state index contributed by atoms with van der Waals surface area (Å²) in [6, 6.07) is 9.86.